The number of fused-ring (bicyclic) bond motifs is 2. The Kier molecular flexibility index (Phi) is 29.7. The summed E-state index contributed by atoms with van der Waals surface area (Å²) in [6.45, 7) is 28.6. The standard InChI is InChI=1S/C72H122ClF3N12O2/c1-13-52(4)66-46-81-65(43-51(2)3)54(6)80-47-68-69(70(89)86-38-20-15-21-39-86)57(9)88(68)67(31-42-90-12)55(7)83-71(32-18-19-33-71)50-78-36-35-77-34-30-60(28-26-59-27-29-63(64(73)45-59)72(74,75)76)79-37-41-84(10)48-62(44-58-23-16-14-17-24-58)85(11)49-61-25-22-40-87(61)56(8)53(5)82-66/h27,29-30,34,37,41,45,48-49,51-58,65-69,77-78,80-83H,13-26,28,31-33,35-36,38-40,42-44,46-47,50H2,1-12H3/t52-,53?,54?,55?,56-,57?,65-,66+,67-,68?,69-/m0/s1. The molecular formula is C72H122ClF3N12O2. The second kappa shape index (κ2) is 36.3. The van der Waals surface area contributed by atoms with E-state index in [1.165, 1.54) is 74.9 Å². The van der Waals surface area contributed by atoms with Crippen molar-refractivity contribution in [2.45, 2.75) is 257 Å². The number of alkyl halides is 3. The molecule has 1 amide bonds. The van der Waals surface area contributed by atoms with E-state index >= 15 is 0 Å². The molecule has 5 unspecified atom stereocenters. The van der Waals surface area contributed by atoms with Crippen LogP contribution in [-0.4, -0.2) is 176 Å². The van der Waals surface area contributed by atoms with Crippen molar-refractivity contribution < 1.29 is 22.7 Å². The van der Waals surface area contributed by atoms with Gasteiger partial charge in [0.15, 0.2) is 0 Å². The van der Waals surface area contributed by atoms with Crippen LogP contribution in [0.3, 0.4) is 0 Å². The maximum absolute atomic E-state index is 14.8. The highest BCUT2D eigenvalue weighted by Gasteiger charge is 2.54. The Morgan fingerprint density at radius 3 is 2.28 bits per heavy atom. The number of carbonyl (C=O) groups is 1. The zero-order chi connectivity index (χ0) is 65.0. The summed E-state index contributed by atoms with van der Waals surface area (Å²) in [5.74, 6) is 1.86. The van der Waals surface area contributed by atoms with Crippen LogP contribution in [0, 0.1) is 23.7 Å². The van der Waals surface area contributed by atoms with Gasteiger partial charge in [-0.1, -0.05) is 96.7 Å². The lowest BCUT2D eigenvalue weighted by molar-refractivity contribution is -0.160. The molecule has 3 saturated heterocycles. The van der Waals surface area contributed by atoms with E-state index in [1.807, 2.05) is 31.8 Å². The number of carbonyl (C=O) groups excluding carboxylic acids is 1. The van der Waals surface area contributed by atoms with Gasteiger partial charge in [0.1, 0.15) is 0 Å². The van der Waals surface area contributed by atoms with Gasteiger partial charge in [0.25, 0.3) is 0 Å². The number of amides is 1. The first-order valence-corrected chi connectivity index (χ1v) is 35.9. The lowest BCUT2D eigenvalue weighted by atomic mass is 9.75. The van der Waals surface area contributed by atoms with E-state index in [1.54, 1.807) is 0 Å². The van der Waals surface area contributed by atoms with Crippen LogP contribution < -0.4 is 31.9 Å². The number of aliphatic imine (C=N–C) groups is 1. The molecule has 18 heteroatoms. The maximum atomic E-state index is 14.8. The average Bonchev–Trinajstić information content (AvgIpc) is 0.904. The SMILES string of the molecule is CC[C@H](C)[C@H]1CN[C@@H](CC(C)C)C(C)NCC2[C@@H](C(=O)N3CCCCC3)C(C)N2[C@@H](CCOC)C(C)NC2(CCCC2)CNCCNC=CC(CCc2ccc(C(F)(F)F)c(Cl)c2)=NC=CN(C)C=C(CC2CCCCC2)N(C)C=C2CCCN2[C@@H](C)C(C)N1. The predicted molar refractivity (Wildman–Crippen MR) is 367 cm³/mol. The smallest absolute Gasteiger partial charge is 0.390 e. The normalized spacial score (nSPS) is 29.8. The summed E-state index contributed by atoms with van der Waals surface area (Å²) < 4.78 is 46.9. The van der Waals surface area contributed by atoms with Gasteiger partial charge in [0, 0.05) is 182 Å². The fraction of sp³-hybridized carbons (Fsp3) is 0.778. The Labute approximate surface area is 548 Å². The monoisotopic (exact) mass is 1280 g/mol. The third-order valence-electron chi connectivity index (χ3n) is 21.4. The Morgan fingerprint density at radius 2 is 1.59 bits per heavy atom. The molecule has 1 aromatic carbocycles. The van der Waals surface area contributed by atoms with Crippen LogP contribution in [0.15, 0.2) is 71.7 Å². The lowest BCUT2D eigenvalue weighted by Gasteiger charge is -2.59. The summed E-state index contributed by atoms with van der Waals surface area (Å²) >= 11 is 6.20. The van der Waals surface area contributed by atoms with Crippen LogP contribution in [0.1, 0.15) is 195 Å². The van der Waals surface area contributed by atoms with Crippen LogP contribution >= 0.6 is 11.6 Å². The number of ether oxygens (including phenoxy) is 1. The zero-order valence-electron chi connectivity index (χ0n) is 57.7. The Balaban J connectivity index is 1.19. The summed E-state index contributed by atoms with van der Waals surface area (Å²) in [6, 6.07) is 5.68. The molecule has 0 aromatic heterocycles. The Hall–Kier alpha value is -3.68. The predicted octanol–water partition coefficient (Wildman–Crippen LogP) is 12.7. The first-order chi connectivity index (χ1) is 43.1. The topological polar surface area (TPSA) is 127 Å². The molecule has 1 aromatic rings. The van der Waals surface area contributed by atoms with Crippen molar-refractivity contribution in [2.75, 3.05) is 80.2 Å². The number of aryl methyl sites for hydroxylation is 1. The number of hydrogen-bond acceptors (Lipinski definition) is 13. The maximum Gasteiger partial charge on any atom is 0.417 e. The van der Waals surface area contributed by atoms with E-state index in [2.05, 4.69) is 145 Å². The molecule has 510 valence electrons. The third kappa shape index (κ3) is 21.4. The summed E-state index contributed by atoms with van der Waals surface area (Å²) in [7, 11) is 6.11. The van der Waals surface area contributed by atoms with E-state index in [4.69, 9.17) is 21.3 Å². The number of allylic oxidation sites excluding steroid dienone is 3. The Bertz CT molecular complexity index is 2470. The van der Waals surface area contributed by atoms with Gasteiger partial charge in [-0.2, -0.15) is 13.2 Å². The van der Waals surface area contributed by atoms with E-state index in [0.29, 0.717) is 49.7 Å². The molecule has 7 rings (SSSR count). The molecule has 6 aliphatic rings. The molecule has 90 heavy (non-hydrogen) atoms. The number of nitrogens with one attached hydrogen (secondary N) is 6. The number of nitrogens with zero attached hydrogens (tertiary/aromatic N) is 6. The Morgan fingerprint density at radius 1 is 0.856 bits per heavy atom. The van der Waals surface area contributed by atoms with Crippen LogP contribution in [0.5, 0.6) is 0 Å². The number of likely N-dealkylation sites (tertiary alicyclic amines) is 1. The van der Waals surface area contributed by atoms with Gasteiger partial charge >= 0.3 is 6.18 Å². The van der Waals surface area contributed by atoms with Gasteiger partial charge in [-0.3, -0.25) is 14.7 Å². The van der Waals surface area contributed by atoms with Crippen molar-refractivity contribution in [3.8, 4) is 0 Å². The number of benzene rings is 1. The zero-order valence-corrected chi connectivity index (χ0v) is 58.5. The molecular weight excluding hydrogens is 1160 g/mol. The second-order valence-corrected chi connectivity index (χ2v) is 29.1. The summed E-state index contributed by atoms with van der Waals surface area (Å²) in [6.07, 6.45) is 29.3. The molecule has 4 aliphatic heterocycles. The number of piperidine rings is 1. The largest absolute Gasteiger partial charge is 0.417 e. The minimum atomic E-state index is -4.52. The van der Waals surface area contributed by atoms with E-state index < -0.39 is 11.7 Å². The van der Waals surface area contributed by atoms with Crippen molar-refractivity contribution in [3.63, 3.8) is 0 Å². The van der Waals surface area contributed by atoms with Gasteiger partial charge in [-0.05, 0) is 159 Å². The molecule has 11 atom stereocenters. The third-order valence-corrected chi connectivity index (χ3v) is 21.8. The van der Waals surface area contributed by atoms with Crippen LogP contribution in [0.4, 0.5) is 13.2 Å². The van der Waals surface area contributed by atoms with Crippen molar-refractivity contribution in [3.05, 3.63) is 82.8 Å². The summed E-state index contributed by atoms with van der Waals surface area (Å²) in [5.41, 5.74) is 3.27. The minimum Gasteiger partial charge on any atom is -0.390 e. The minimum absolute atomic E-state index is 0.0502. The van der Waals surface area contributed by atoms with E-state index in [9.17, 15) is 18.0 Å². The molecule has 4 heterocycles. The van der Waals surface area contributed by atoms with Gasteiger partial charge in [-0.15, -0.1) is 0 Å². The van der Waals surface area contributed by atoms with Crippen LogP contribution in [-0.2, 0) is 22.1 Å². The highest BCUT2D eigenvalue weighted by molar-refractivity contribution is 6.31. The average molecular weight is 1280 g/mol. The van der Waals surface area contributed by atoms with Gasteiger partial charge < -0.3 is 56.2 Å². The first-order valence-electron chi connectivity index (χ1n) is 35.5. The molecule has 0 radical (unpaired) electrons. The number of rotatable bonds is 13. The van der Waals surface area contributed by atoms with Gasteiger partial charge in [0.2, 0.25) is 5.91 Å². The molecule has 6 N–H and O–H groups in total. The second-order valence-electron chi connectivity index (χ2n) is 28.7. The fourth-order valence-corrected chi connectivity index (χ4v) is 16.0. The number of hydrogen-bond donors (Lipinski definition) is 6. The summed E-state index contributed by atoms with van der Waals surface area (Å²) in [5, 5.41) is 23.9. The highest BCUT2D eigenvalue weighted by atomic mass is 35.5. The molecule has 1 spiro atoms. The highest BCUT2D eigenvalue weighted by Crippen LogP contribution is 2.41. The van der Waals surface area contributed by atoms with Crippen molar-refractivity contribution in [1.29, 1.82) is 0 Å². The first kappa shape index (κ1) is 73.7. The molecule has 0 bridgehead atoms. The number of halogens is 4. The van der Waals surface area contributed by atoms with Gasteiger partial charge in [0.05, 0.1) is 16.5 Å². The van der Waals surface area contributed by atoms with Crippen LogP contribution in [0.25, 0.3) is 0 Å². The fourth-order valence-electron chi connectivity index (χ4n) is 15.7. The van der Waals surface area contributed by atoms with Crippen molar-refractivity contribution in [1.82, 2.24) is 56.4 Å². The van der Waals surface area contributed by atoms with Crippen molar-refractivity contribution in [2.24, 2.45) is 28.7 Å². The van der Waals surface area contributed by atoms with E-state index in [0.717, 1.165) is 127 Å². The van der Waals surface area contributed by atoms with Gasteiger partial charge in [-0.25, -0.2) is 0 Å². The molecule has 2 saturated carbocycles. The molecule has 5 fully saturated rings. The summed E-state index contributed by atoms with van der Waals surface area (Å²) in [4.78, 5) is 31.8. The number of methoxy groups -OCH3 is 1. The van der Waals surface area contributed by atoms with Crippen LogP contribution in [0.2, 0.25) is 5.02 Å². The molecule has 14 nitrogen and oxygen atoms in total. The quantitative estimate of drug-likeness (QED) is 0.113. The van der Waals surface area contributed by atoms with E-state index in [-0.39, 0.29) is 70.9 Å². The molecule has 2 aliphatic carbocycles. The lowest BCUT2D eigenvalue weighted by Crippen LogP contribution is -2.75. The van der Waals surface area contributed by atoms with Crippen molar-refractivity contribution >= 4 is 23.2 Å².